The van der Waals surface area contributed by atoms with Gasteiger partial charge in [-0.15, -0.1) is 11.3 Å². The predicted octanol–water partition coefficient (Wildman–Crippen LogP) is 2.37. The molecule has 1 aliphatic heterocycles. The van der Waals surface area contributed by atoms with Gasteiger partial charge in [-0.25, -0.2) is 0 Å². The number of carbonyl (C=O) groups excluding carboxylic acids is 1. The van der Waals surface area contributed by atoms with Crippen LogP contribution in [-0.2, 0) is 11.3 Å². The van der Waals surface area contributed by atoms with Crippen LogP contribution in [0.5, 0.6) is 0 Å². The molecule has 0 aliphatic carbocycles. The summed E-state index contributed by atoms with van der Waals surface area (Å²) in [4.78, 5) is 14.8. The van der Waals surface area contributed by atoms with Gasteiger partial charge in [-0.3, -0.25) is 4.79 Å². The summed E-state index contributed by atoms with van der Waals surface area (Å²) in [7, 11) is 2.01. The largest absolute Gasteiger partial charge is 0.378 e. The molecular weight excluding hydrogens is 260 g/mol. The molecule has 1 aliphatic rings. The molecule has 0 saturated carbocycles. The maximum atomic E-state index is 11.4. The van der Waals surface area contributed by atoms with E-state index in [4.69, 9.17) is 0 Å². The number of hydrogen-bond donors (Lipinski definition) is 2. The van der Waals surface area contributed by atoms with E-state index in [-0.39, 0.29) is 5.91 Å². The van der Waals surface area contributed by atoms with Crippen molar-refractivity contribution in [3.63, 3.8) is 0 Å². The lowest BCUT2D eigenvalue weighted by atomic mass is 10.1. The zero-order chi connectivity index (χ0) is 13.4. The highest BCUT2D eigenvalue weighted by Crippen LogP contribution is 2.34. The zero-order valence-electron chi connectivity index (χ0n) is 10.5. The van der Waals surface area contributed by atoms with Crippen molar-refractivity contribution in [3.05, 3.63) is 46.2 Å². The van der Waals surface area contributed by atoms with Crippen molar-refractivity contribution in [2.24, 2.45) is 0 Å². The van der Waals surface area contributed by atoms with E-state index in [2.05, 4.69) is 21.7 Å². The number of amides is 1. The fourth-order valence-corrected chi connectivity index (χ4v) is 2.96. The van der Waals surface area contributed by atoms with Gasteiger partial charge in [0.25, 0.3) is 5.91 Å². The van der Waals surface area contributed by atoms with Gasteiger partial charge in [-0.2, -0.15) is 0 Å². The Kier molecular flexibility index (Phi) is 3.00. The van der Waals surface area contributed by atoms with Crippen molar-refractivity contribution in [1.82, 2.24) is 0 Å². The number of benzene rings is 1. The normalized spacial score (nSPS) is 17.2. The van der Waals surface area contributed by atoms with E-state index in [1.54, 1.807) is 17.4 Å². The second kappa shape index (κ2) is 4.68. The summed E-state index contributed by atoms with van der Waals surface area (Å²) in [6, 6.07) is 9.76. The van der Waals surface area contributed by atoms with Crippen molar-refractivity contribution >= 4 is 28.6 Å². The SMILES string of the molecule is CN(Cc1cccs1)c1ccc2c(c1)NC(=O)C2O. The first-order valence-corrected chi connectivity index (χ1v) is 6.89. The molecule has 0 spiro atoms. The second-order valence-electron chi connectivity index (χ2n) is 4.60. The lowest BCUT2D eigenvalue weighted by Crippen LogP contribution is -2.15. The van der Waals surface area contributed by atoms with Crippen LogP contribution in [0.1, 0.15) is 16.5 Å². The topological polar surface area (TPSA) is 52.6 Å². The van der Waals surface area contributed by atoms with E-state index >= 15 is 0 Å². The molecule has 0 fully saturated rings. The Hall–Kier alpha value is -1.85. The molecule has 0 radical (unpaired) electrons. The Bertz CT molecular complexity index is 610. The number of aliphatic hydroxyl groups is 1. The molecule has 2 N–H and O–H groups in total. The lowest BCUT2D eigenvalue weighted by Gasteiger charge is -2.19. The van der Waals surface area contributed by atoms with Crippen LogP contribution in [0.15, 0.2) is 35.7 Å². The molecule has 3 rings (SSSR count). The van der Waals surface area contributed by atoms with Crippen LogP contribution in [0.3, 0.4) is 0 Å². The van der Waals surface area contributed by atoms with Gasteiger partial charge >= 0.3 is 0 Å². The smallest absolute Gasteiger partial charge is 0.257 e. The van der Waals surface area contributed by atoms with Gasteiger partial charge < -0.3 is 15.3 Å². The summed E-state index contributed by atoms with van der Waals surface area (Å²) in [6.45, 7) is 0.826. The number of anilines is 2. The molecular formula is C14H14N2O2S. The third kappa shape index (κ3) is 2.22. The van der Waals surface area contributed by atoms with Crippen LogP contribution >= 0.6 is 11.3 Å². The third-order valence-corrected chi connectivity index (χ3v) is 4.11. The number of fused-ring (bicyclic) bond motifs is 1. The second-order valence-corrected chi connectivity index (χ2v) is 5.63. The monoisotopic (exact) mass is 274 g/mol. The third-order valence-electron chi connectivity index (χ3n) is 3.25. The van der Waals surface area contributed by atoms with Crippen LogP contribution in [0.2, 0.25) is 0 Å². The Labute approximate surface area is 115 Å². The minimum Gasteiger partial charge on any atom is -0.378 e. The molecule has 1 amide bonds. The van der Waals surface area contributed by atoms with E-state index in [1.807, 2.05) is 25.2 Å². The van der Waals surface area contributed by atoms with Gasteiger partial charge in [0.05, 0.1) is 6.54 Å². The minimum absolute atomic E-state index is 0.354. The van der Waals surface area contributed by atoms with E-state index in [9.17, 15) is 9.90 Å². The van der Waals surface area contributed by atoms with E-state index in [1.165, 1.54) is 4.88 Å². The first-order chi connectivity index (χ1) is 9.15. The fourth-order valence-electron chi connectivity index (χ4n) is 2.20. The van der Waals surface area contributed by atoms with Crippen LogP contribution in [0.25, 0.3) is 0 Å². The van der Waals surface area contributed by atoms with Crippen LogP contribution in [0, 0.1) is 0 Å². The number of rotatable bonds is 3. The van der Waals surface area contributed by atoms with E-state index < -0.39 is 6.10 Å². The standard InChI is InChI=1S/C14H14N2O2S/c1-16(8-10-3-2-6-19-10)9-4-5-11-12(7-9)15-14(18)13(11)17/h2-7,13,17H,8H2,1H3,(H,15,18). The molecule has 1 aromatic heterocycles. The quantitative estimate of drug-likeness (QED) is 0.903. The van der Waals surface area contributed by atoms with Crippen molar-refractivity contribution in [2.75, 3.05) is 17.3 Å². The summed E-state index contributed by atoms with van der Waals surface area (Å²) in [5, 5.41) is 14.4. The van der Waals surface area contributed by atoms with Crippen LogP contribution < -0.4 is 10.2 Å². The van der Waals surface area contributed by atoms with Crippen LogP contribution in [-0.4, -0.2) is 18.1 Å². The van der Waals surface area contributed by atoms with E-state index in [0.717, 1.165) is 12.2 Å². The highest BCUT2D eigenvalue weighted by molar-refractivity contribution is 7.09. The number of nitrogens with one attached hydrogen (secondary N) is 1. The molecule has 19 heavy (non-hydrogen) atoms. The first-order valence-electron chi connectivity index (χ1n) is 6.01. The highest BCUT2D eigenvalue weighted by Gasteiger charge is 2.28. The average molecular weight is 274 g/mol. The first kappa shape index (κ1) is 12.2. The number of aliphatic hydroxyl groups excluding tert-OH is 1. The zero-order valence-corrected chi connectivity index (χ0v) is 11.3. The molecule has 2 heterocycles. The number of nitrogens with zero attached hydrogens (tertiary/aromatic N) is 1. The Balaban J connectivity index is 1.83. The summed E-state index contributed by atoms with van der Waals surface area (Å²) >= 11 is 1.72. The fraction of sp³-hybridized carbons (Fsp3) is 0.214. The van der Waals surface area contributed by atoms with Gasteiger partial charge in [0.1, 0.15) is 0 Å². The van der Waals surface area contributed by atoms with Crippen molar-refractivity contribution in [3.8, 4) is 0 Å². The van der Waals surface area contributed by atoms with Crippen molar-refractivity contribution < 1.29 is 9.90 Å². The average Bonchev–Trinajstić information content (AvgIpc) is 2.99. The number of hydrogen-bond acceptors (Lipinski definition) is 4. The van der Waals surface area contributed by atoms with Gasteiger partial charge in [0.2, 0.25) is 0 Å². The molecule has 5 heteroatoms. The summed E-state index contributed by atoms with van der Waals surface area (Å²) < 4.78 is 0. The van der Waals surface area contributed by atoms with Gasteiger partial charge in [-0.1, -0.05) is 12.1 Å². The molecule has 2 aromatic rings. The van der Waals surface area contributed by atoms with Gasteiger partial charge in [0, 0.05) is 28.9 Å². The maximum absolute atomic E-state index is 11.4. The Morgan fingerprint density at radius 1 is 1.42 bits per heavy atom. The molecule has 0 bridgehead atoms. The van der Waals surface area contributed by atoms with Crippen molar-refractivity contribution in [2.45, 2.75) is 12.6 Å². The Morgan fingerprint density at radius 2 is 2.26 bits per heavy atom. The number of carbonyl (C=O) groups is 1. The number of thiophene rings is 1. The summed E-state index contributed by atoms with van der Waals surface area (Å²) in [5.41, 5.74) is 2.37. The molecule has 0 saturated heterocycles. The molecule has 1 aromatic carbocycles. The molecule has 1 atom stereocenters. The van der Waals surface area contributed by atoms with E-state index in [0.29, 0.717) is 11.3 Å². The molecule has 98 valence electrons. The van der Waals surface area contributed by atoms with Crippen LogP contribution in [0.4, 0.5) is 11.4 Å². The maximum Gasteiger partial charge on any atom is 0.257 e. The predicted molar refractivity (Wildman–Crippen MR) is 76.5 cm³/mol. The summed E-state index contributed by atoms with van der Waals surface area (Å²) in [6.07, 6.45) is -1.04. The van der Waals surface area contributed by atoms with Gasteiger partial charge in [0.15, 0.2) is 6.10 Å². The highest BCUT2D eigenvalue weighted by atomic mass is 32.1. The lowest BCUT2D eigenvalue weighted by molar-refractivity contribution is -0.123. The minimum atomic E-state index is -1.04. The van der Waals surface area contributed by atoms with Crippen molar-refractivity contribution in [1.29, 1.82) is 0 Å². The Morgan fingerprint density at radius 3 is 3.00 bits per heavy atom. The molecule has 1 unspecified atom stereocenters. The van der Waals surface area contributed by atoms with Gasteiger partial charge in [-0.05, 0) is 23.6 Å². The molecule has 4 nitrogen and oxygen atoms in total. The summed E-state index contributed by atoms with van der Waals surface area (Å²) in [5.74, 6) is -0.354.